The van der Waals surface area contributed by atoms with Crippen molar-refractivity contribution in [1.29, 1.82) is 0 Å². The summed E-state index contributed by atoms with van der Waals surface area (Å²) in [6.45, 7) is 0.828. The van der Waals surface area contributed by atoms with Crippen LogP contribution < -0.4 is 0 Å². The Bertz CT molecular complexity index is 807. The highest BCUT2D eigenvalue weighted by Crippen LogP contribution is 2.35. The predicted molar refractivity (Wildman–Crippen MR) is 93.1 cm³/mol. The van der Waals surface area contributed by atoms with Gasteiger partial charge in [0.2, 0.25) is 5.91 Å². The fourth-order valence-electron chi connectivity index (χ4n) is 4.24. The van der Waals surface area contributed by atoms with Gasteiger partial charge in [-0.1, -0.05) is 25.0 Å². The standard InChI is InChI=1S/C19H23N3O3/c1-25-18(24)12-22-16-9-5-4-8-15(16)20-19(22)13-10-17(23)21(11-13)14-6-2-3-7-14/h4-5,8-9,13-14H,2-3,6-7,10-12H2,1H3. The van der Waals surface area contributed by atoms with Gasteiger partial charge in [0, 0.05) is 24.9 Å². The lowest BCUT2D eigenvalue weighted by atomic mass is 10.1. The highest BCUT2D eigenvalue weighted by Gasteiger charge is 2.38. The minimum absolute atomic E-state index is 0.0326. The van der Waals surface area contributed by atoms with Gasteiger partial charge in [0.1, 0.15) is 12.4 Å². The van der Waals surface area contributed by atoms with Crippen LogP contribution in [0.3, 0.4) is 0 Å². The molecule has 6 heteroatoms. The molecule has 1 aromatic heterocycles. The first kappa shape index (κ1) is 16.1. The Hall–Kier alpha value is -2.37. The summed E-state index contributed by atoms with van der Waals surface area (Å²) >= 11 is 0. The minimum Gasteiger partial charge on any atom is -0.468 e. The van der Waals surface area contributed by atoms with E-state index in [0.29, 0.717) is 19.0 Å². The molecule has 4 rings (SSSR count). The van der Waals surface area contributed by atoms with Gasteiger partial charge in [-0.15, -0.1) is 0 Å². The van der Waals surface area contributed by atoms with E-state index in [-0.39, 0.29) is 24.3 Å². The van der Waals surface area contributed by atoms with E-state index in [1.165, 1.54) is 20.0 Å². The second kappa shape index (κ2) is 6.50. The van der Waals surface area contributed by atoms with Crippen molar-refractivity contribution in [3.63, 3.8) is 0 Å². The molecule has 0 bridgehead atoms. The lowest BCUT2D eigenvalue weighted by molar-refractivity contribution is -0.141. The van der Waals surface area contributed by atoms with Crippen molar-refractivity contribution in [3.05, 3.63) is 30.1 Å². The first-order valence-corrected chi connectivity index (χ1v) is 8.99. The summed E-state index contributed by atoms with van der Waals surface area (Å²) in [6, 6.07) is 8.16. The monoisotopic (exact) mass is 341 g/mol. The lowest BCUT2D eigenvalue weighted by Gasteiger charge is -2.24. The van der Waals surface area contributed by atoms with Crippen LogP contribution in [0.4, 0.5) is 0 Å². The van der Waals surface area contributed by atoms with Gasteiger partial charge in [-0.3, -0.25) is 9.59 Å². The number of aromatic nitrogens is 2. The molecule has 1 aromatic carbocycles. The van der Waals surface area contributed by atoms with Crippen LogP contribution >= 0.6 is 0 Å². The third kappa shape index (κ3) is 2.90. The van der Waals surface area contributed by atoms with Gasteiger partial charge in [-0.25, -0.2) is 4.98 Å². The highest BCUT2D eigenvalue weighted by atomic mass is 16.5. The maximum Gasteiger partial charge on any atom is 0.325 e. The van der Waals surface area contributed by atoms with Crippen molar-refractivity contribution in [2.45, 2.75) is 50.6 Å². The molecule has 6 nitrogen and oxygen atoms in total. The maximum absolute atomic E-state index is 12.5. The third-order valence-electron chi connectivity index (χ3n) is 5.49. The van der Waals surface area contributed by atoms with E-state index in [9.17, 15) is 9.59 Å². The van der Waals surface area contributed by atoms with E-state index in [4.69, 9.17) is 9.72 Å². The fraction of sp³-hybridized carbons (Fsp3) is 0.526. The van der Waals surface area contributed by atoms with Gasteiger partial charge in [0.05, 0.1) is 18.1 Å². The summed E-state index contributed by atoms with van der Waals surface area (Å²) in [5.41, 5.74) is 1.77. The Labute approximate surface area is 146 Å². The molecule has 0 N–H and O–H groups in total. The molecular formula is C19H23N3O3. The fourth-order valence-corrected chi connectivity index (χ4v) is 4.24. The number of imidazole rings is 1. The summed E-state index contributed by atoms with van der Waals surface area (Å²) in [5.74, 6) is 0.764. The van der Waals surface area contributed by atoms with E-state index in [1.807, 2.05) is 33.7 Å². The number of hydrogen-bond donors (Lipinski definition) is 0. The molecule has 132 valence electrons. The molecule has 1 amide bonds. The minimum atomic E-state index is -0.304. The number of fused-ring (bicyclic) bond motifs is 1. The molecule has 1 unspecified atom stereocenters. The Balaban J connectivity index is 1.67. The summed E-state index contributed by atoms with van der Waals surface area (Å²) in [6.07, 6.45) is 5.11. The second-order valence-electron chi connectivity index (χ2n) is 7.01. The molecular weight excluding hydrogens is 318 g/mol. The average molecular weight is 341 g/mol. The SMILES string of the molecule is COC(=O)Cn1c(C2CC(=O)N(C3CCCC3)C2)nc2ccccc21. The number of nitrogens with zero attached hydrogens (tertiary/aromatic N) is 3. The van der Waals surface area contributed by atoms with Crippen molar-refractivity contribution in [3.8, 4) is 0 Å². The number of benzene rings is 1. The predicted octanol–water partition coefficient (Wildman–Crippen LogP) is 2.47. The number of rotatable bonds is 4. The van der Waals surface area contributed by atoms with Gasteiger partial charge >= 0.3 is 5.97 Å². The second-order valence-corrected chi connectivity index (χ2v) is 7.01. The van der Waals surface area contributed by atoms with Crippen molar-refractivity contribution < 1.29 is 14.3 Å². The van der Waals surface area contributed by atoms with E-state index in [1.54, 1.807) is 0 Å². The molecule has 1 saturated heterocycles. The number of carbonyl (C=O) groups excluding carboxylic acids is 2. The lowest BCUT2D eigenvalue weighted by Crippen LogP contribution is -2.34. The van der Waals surface area contributed by atoms with Crippen LogP contribution in [0.5, 0.6) is 0 Å². The molecule has 2 heterocycles. The number of likely N-dealkylation sites (tertiary alicyclic amines) is 1. The number of ether oxygens (including phenoxy) is 1. The maximum atomic E-state index is 12.5. The van der Waals surface area contributed by atoms with Gasteiger partial charge < -0.3 is 14.2 Å². The molecule has 0 radical (unpaired) electrons. The number of hydrogen-bond acceptors (Lipinski definition) is 4. The Morgan fingerprint density at radius 3 is 2.80 bits per heavy atom. The van der Waals surface area contributed by atoms with E-state index in [0.717, 1.165) is 29.7 Å². The third-order valence-corrected chi connectivity index (χ3v) is 5.49. The molecule has 1 atom stereocenters. The summed E-state index contributed by atoms with van der Waals surface area (Å²) < 4.78 is 6.76. The topological polar surface area (TPSA) is 64.4 Å². The van der Waals surface area contributed by atoms with Crippen LogP contribution in [0.1, 0.15) is 43.8 Å². The Morgan fingerprint density at radius 2 is 2.04 bits per heavy atom. The normalized spacial score (nSPS) is 21.4. The van der Waals surface area contributed by atoms with Crippen LogP contribution in [0.25, 0.3) is 11.0 Å². The molecule has 25 heavy (non-hydrogen) atoms. The van der Waals surface area contributed by atoms with Crippen molar-refractivity contribution in [2.75, 3.05) is 13.7 Å². The van der Waals surface area contributed by atoms with E-state index >= 15 is 0 Å². The van der Waals surface area contributed by atoms with Crippen molar-refractivity contribution >= 4 is 22.9 Å². The largest absolute Gasteiger partial charge is 0.468 e. The van der Waals surface area contributed by atoms with E-state index in [2.05, 4.69) is 0 Å². The Kier molecular flexibility index (Phi) is 4.19. The van der Waals surface area contributed by atoms with E-state index < -0.39 is 0 Å². The van der Waals surface area contributed by atoms with Gasteiger partial charge in [-0.2, -0.15) is 0 Å². The van der Waals surface area contributed by atoms with Crippen LogP contribution in [0.2, 0.25) is 0 Å². The van der Waals surface area contributed by atoms with Crippen LogP contribution in [-0.4, -0.2) is 46.0 Å². The molecule has 2 aromatic rings. The quantitative estimate of drug-likeness (QED) is 0.802. The summed E-state index contributed by atoms with van der Waals surface area (Å²) in [4.78, 5) is 31.2. The van der Waals surface area contributed by atoms with Crippen molar-refractivity contribution in [2.24, 2.45) is 0 Å². The van der Waals surface area contributed by atoms with Gasteiger partial charge in [0.15, 0.2) is 0 Å². The molecule has 1 saturated carbocycles. The molecule has 2 fully saturated rings. The smallest absolute Gasteiger partial charge is 0.325 e. The zero-order valence-electron chi connectivity index (χ0n) is 14.5. The Morgan fingerprint density at radius 1 is 1.28 bits per heavy atom. The van der Waals surface area contributed by atoms with Crippen molar-refractivity contribution in [1.82, 2.24) is 14.5 Å². The number of amides is 1. The molecule has 2 aliphatic rings. The molecule has 0 spiro atoms. The average Bonchev–Trinajstić information content (AvgIpc) is 3.33. The summed E-state index contributed by atoms with van der Waals surface area (Å²) in [5, 5.41) is 0. The summed E-state index contributed by atoms with van der Waals surface area (Å²) in [7, 11) is 1.39. The van der Waals surface area contributed by atoms with Crippen LogP contribution in [0, 0.1) is 0 Å². The van der Waals surface area contributed by atoms with Gasteiger partial charge in [0.25, 0.3) is 0 Å². The van der Waals surface area contributed by atoms with Gasteiger partial charge in [-0.05, 0) is 25.0 Å². The zero-order valence-corrected chi connectivity index (χ0v) is 14.5. The number of methoxy groups -OCH3 is 1. The molecule has 1 aliphatic carbocycles. The first-order chi connectivity index (χ1) is 12.2. The van der Waals surface area contributed by atoms with Crippen LogP contribution in [-0.2, 0) is 20.9 Å². The van der Waals surface area contributed by atoms with Crippen LogP contribution in [0.15, 0.2) is 24.3 Å². The highest BCUT2D eigenvalue weighted by molar-refractivity contribution is 5.82. The number of carbonyl (C=O) groups is 2. The first-order valence-electron chi connectivity index (χ1n) is 8.99. The number of esters is 1. The number of para-hydroxylation sites is 2. The zero-order chi connectivity index (χ0) is 17.4. The molecule has 1 aliphatic heterocycles.